The van der Waals surface area contributed by atoms with E-state index in [1.165, 1.54) is 0 Å². The van der Waals surface area contributed by atoms with Crippen LogP contribution in [-0.4, -0.2) is 19.9 Å². The Morgan fingerprint density at radius 3 is 1.14 bits per heavy atom. The van der Waals surface area contributed by atoms with E-state index in [0.29, 0.717) is 17.5 Å². The highest BCUT2D eigenvalue weighted by Crippen LogP contribution is 2.33. The Balaban J connectivity index is 1.43. The van der Waals surface area contributed by atoms with Gasteiger partial charge in [-0.2, -0.15) is 0 Å². The zero-order chi connectivity index (χ0) is 28.1. The van der Waals surface area contributed by atoms with E-state index in [2.05, 4.69) is 66.7 Å². The standard InChI is InChI=1S/C38H26N4/c1-5-14-27(15-6-1)31-24-32(35-23-13-22-34(39-35)28-16-7-2-8-17-28)26-33(25-31)38-41-36(29-18-9-3-10-19-29)40-37(42-38)30-20-11-4-12-21-30/h1-26H. The first-order valence-corrected chi connectivity index (χ1v) is 13.9. The minimum atomic E-state index is 0.612. The smallest absolute Gasteiger partial charge is 0.164 e. The molecule has 0 saturated carbocycles. The number of nitrogens with zero attached hydrogens (tertiary/aromatic N) is 4. The lowest BCUT2D eigenvalue weighted by Crippen LogP contribution is -2.00. The lowest BCUT2D eigenvalue weighted by Gasteiger charge is -2.12. The van der Waals surface area contributed by atoms with Gasteiger partial charge in [0.1, 0.15) is 0 Å². The molecule has 0 amide bonds. The third-order valence-electron chi connectivity index (χ3n) is 7.11. The van der Waals surface area contributed by atoms with E-state index in [-0.39, 0.29) is 0 Å². The molecule has 7 aromatic rings. The Labute approximate surface area is 245 Å². The molecule has 2 aromatic heterocycles. The van der Waals surface area contributed by atoms with Crippen molar-refractivity contribution in [2.45, 2.75) is 0 Å². The molecule has 0 fully saturated rings. The summed E-state index contributed by atoms with van der Waals surface area (Å²) in [5.74, 6) is 1.88. The van der Waals surface area contributed by atoms with E-state index in [0.717, 1.165) is 50.3 Å². The van der Waals surface area contributed by atoms with Crippen LogP contribution in [0.1, 0.15) is 0 Å². The lowest BCUT2D eigenvalue weighted by atomic mass is 9.97. The van der Waals surface area contributed by atoms with Crippen LogP contribution in [0.15, 0.2) is 158 Å². The van der Waals surface area contributed by atoms with Crippen molar-refractivity contribution >= 4 is 0 Å². The van der Waals surface area contributed by atoms with Gasteiger partial charge >= 0.3 is 0 Å². The van der Waals surface area contributed by atoms with Gasteiger partial charge in [0.15, 0.2) is 17.5 Å². The van der Waals surface area contributed by atoms with Crippen LogP contribution in [0.5, 0.6) is 0 Å². The second-order valence-corrected chi connectivity index (χ2v) is 9.98. The average Bonchev–Trinajstić information content (AvgIpc) is 3.09. The molecule has 0 atom stereocenters. The van der Waals surface area contributed by atoms with Crippen LogP contribution in [0, 0.1) is 0 Å². The second kappa shape index (κ2) is 11.4. The van der Waals surface area contributed by atoms with Gasteiger partial charge in [-0.1, -0.05) is 127 Å². The Morgan fingerprint density at radius 1 is 0.238 bits per heavy atom. The highest BCUT2D eigenvalue weighted by atomic mass is 15.0. The number of pyridine rings is 1. The molecule has 0 saturated heterocycles. The molecule has 0 unspecified atom stereocenters. The third-order valence-corrected chi connectivity index (χ3v) is 7.11. The van der Waals surface area contributed by atoms with Crippen LogP contribution in [0.2, 0.25) is 0 Å². The molecule has 0 aliphatic heterocycles. The first kappa shape index (κ1) is 25.2. The van der Waals surface area contributed by atoms with Gasteiger partial charge < -0.3 is 0 Å². The zero-order valence-corrected chi connectivity index (χ0v) is 22.8. The van der Waals surface area contributed by atoms with E-state index in [1.807, 2.05) is 91.0 Å². The fraction of sp³-hybridized carbons (Fsp3) is 0. The molecule has 0 radical (unpaired) electrons. The summed E-state index contributed by atoms with van der Waals surface area (Å²) in [6, 6.07) is 53.4. The molecule has 0 N–H and O–H groups in total. The fourth-order valence-corrected chi connectivity index (χ4v) is 5.00. The summed E-state index contributed by atoms with van der Waals surface area (Å²) < 4.78 is 0. The van der Waals surface area contributed by atoms with Crippen LogP contribution < -0.4 is 0 Å². The molecule has 0 aliphatic carbocycles. The highest BCUT2D eigenvalue weighted by molar-refractivity contribution is 5.80. The van der Waals surface area contributed by atoms with Gasteiger partial charge in [0, 0.05) is 27.8 Å². The van der Waals surface area contributed by atoms with Crippen LogP contribution in [-0.2, 0) is 0 Å². The van der Waals surface area contributed by atoms with Crippen molar-refractivity contribution in [1.29, 1.82) is 0 Å². The van der Waals surface area contributed by atoms with E-state index >= 15 is 0 Å². The average molecular weight is 539 g/mol. The molecule has 2 heterocycles. The predicted octanol–water partition coefficient (Wildman–Crippen LogP) is 9.27. The van der Waals surface area contributed by atoms with Gasteiger partial charge in [-0.3, -0.25) is 0 Å². The number of hydrogen-bond acceptors (Lipinski definition) is 4. The maximum Gasteiger partial charge on any atom is 0.164 e. The second-order valence-electron chi connectivity index (χ2n) is 9.98. The SMILES string of the molecule is c1ccc(-c2cc(-c3cccc(-c4ccccc4)n3)cc(-c3nc(-c4ccccc4)nc(-c4ccccc4)n3)c2)cc1. The molecular weight excluding hydrogens is 512 g/mol. The van der Waals surface area contributed by atoms with E-state index in [4.69, 9.17) is 19.9 Å². The van der Waals surface area contributed by atoms with Crippen molar-refractivity contribution in [2.24, 2.45) is 0 Å². The van der Waals surface area contributed by atoms with E-state index in [9.17, 15) is 0 Å². The summed E-state index contributed by atoms with van der Waals surface area (Å²) in [5.41, 5.74) is 8.84. The highest BCUT2D eigenvalue weighted by Gasteiger charge is 2.15. The lowest BCUT2D eigenvalue weighted by molar-refractivity contribution is 1.07. The first-order valence-electron chi connectivity index (χ1n) is 13.9. The Kier molecular flexibility index (Phi) is 6.85. The van der Waals surface area contributed by atoms with Gasteiger partial charge in [0.05, 0.1) is 11.4 Å². The number of rotatable bonds is 6. The molecule has 0 bridgehead atoms. The minimum Gasteiger partial charge on any atom is -0.248 e. The first-order chi connectivity index (χ1) is 20.8. The van der Waals surface area contributed by atoms with Crippen LogP contribution >= 0.6 is 0 Å². The molecule has 42 heavy (non-hydrogen) atoms. The normalized spacial score (nSPS) is 10.9. The van der Waals surface area contributed by atoms with Gasteiger partial charge in [-0.25, -0.2) is 19.9 Å². The summed E-state index contributed by atoms with van der Waals surface area (Å²) in [6.45, 7) is 0. The van der Waals surface area contributed by atoms with Crippen LogP contribution in [0.25, 0.3) is 67.8 Å². The number of aromatic nitrogens is 4. The number of hydrogen-bond donors (Lipinski definition) is 0. The summed E-state index contributed by atoms with van der Waals surface area (Å²) in [7, 11) is 0. The minimum absolute atomic E-state index is 0.612. The zero-order valence-electron chi connectivity index (χ0n) is 22.8. The topological polar surface area (TPSA) is 51.6 Å². The Bertz CT molecular complexity index is 1900. The van der Waals surface area contributed by atoms with Gasteiger partial charge in [-0.15, -0.1) is 0 Å². The van der Waals surface area contributed by atoms with Crippen molar-refractivity contribution < 1.29 is 0 Å². The summed E-state index contributed by atoms with van der Waals surface area (Å²) in [5, 5.41) is 0. The maximum absolute atomic E-state index is 5.06. The Hall–Kier alpha value is -5.74. The quantitative estimate of drug-likeness (QED) is 0.212. The molecule has 4 heteroatoms. The maximum atomic E-state index is 5.06. The molecule has 5 aromatic carbocycles. The van der Waals surface area contributed by atoms with Crippen LogP contribution in [0.4, 0.5) is 0 Å². The van der Waals surface area contributed by atoms with Gasteiger partial charge in [-0.05, 0) is 41.5 Å². The predicted molar refractivity (Wildman–Crippen MR) is 170 cm³/mol. The van der Waals surface area contributed by atoms with E-state index < -0.39 is 0 Å². The van der Waals surface area contributed by atoms with E-state index in [1.54, 1.807) is 0 Å². The summed E-state index contributed by atoms with van der Waals surface area (Å²) in [4.78, 5) is 19.9. The monoisotopic (exact) mass is 538 g/mol. The van der Waals surface area contributed by atoms with Crippen molar-refractivity contribution in [1.82, 2.24) is 19.9 Å². The van der Waals surface area contributed by atoms with Crippen molar-refractivity contribution in [3.05, 3.63) is 158 Å². The Morgan fingerprint density at radius 2 is 0.619 bits per heavy atom. The molecule has 4 nitrogen and oxygen atoms in total. The molecule has 7 rings (SSSR count). The molecule has 198 valence electrons. The van der Waals surface area contributed by atoms with Gasteiger partial charge in [0.25, 0.3) is 0 Å². The van der Waals surface area contributed by atoms with Crippen LogP contribution in [0.3, 0.4) is 0 Å². The fourth-order valence-electron chi connectivity index (χ4n) is 5.00. The molecule has 0 spiro atoms. The van der Waals surface area contributed by atoms with Crippen molar-refractivity contribution in [3.8, 4) is 67.8 Å². The largest absolute Gasteiger partial charge is 0.248 e. The van der Waals surface area contributed by atoms with Gasteiger partial charge in [0.2, 0.25) is 0 Å². The summed E-state index contributed by atoms with van der Waals surface area (Å²) in [6.07, 6.45) is 0. The molecular formula is C38H26N4. The molecule has 0 aliphatic rings. The third kappa shape index (κ3) is 5.34. The van der Waals surface area contributed by atoms with Crippen molar-refractivity contribution in [2.75, 3.05) is 0 Å². The summed E-state index contributed by atoms with van der Waals surface area (Å²) >= 11 is 0. The number of benzene rings is 5. The van der Waals surface area contributed by atoms with Crippen molar-refractivity contribution in [3.63, 3.8) is 0 Å².